The molecule has 1 aliphatic carbocycles. The third-order valence-electron chi connectivity index (χ3n) is 3.63. The number of thiocarbonyl (C=S) groups is 1. The molecule has 1 saturated carbocycles. The number of anilines is 1. The quantitative estimate of drug-likeness (QED) is 0.856. The maximum absolute atomic E-state index is 5.60. The van der Waals surface area contributed by atoms with Crippen LogP contribution < -0.4 is 10.1 Å². The minimum Gasteiger partial charge on any atom is -0.497 e. The summed E-state index contributed by atoms with van der Waals surface area (Å²) in [5, 5.41) is 4.05. The summed E-state index contributed by atoms with van der Waals surface area (Å²) < 4.78 is 5.25. The molecule has 1 aromatic heterocycles. The second-order valence-electron chi connectivity index (χ2n) is 5.34. The number of ether oxygens (including phenoxy) is 1. The number of nitrogens with one attached hydrogen (secondary N) is 1. The SMILES string of the molecule is COc1cccc(NC(=S)N(Cc2ccccn2)C2CC2)c1. The Morgan fingerprint density at radius 1 is 1.32 bits per heavy atom. The number of hydrogen-bond acceptors (Lipinski definition) is 3. The van der Waals surface area contributed by atoms with Crippen molar-refractivity contribution in [3.63, 3.8) is 0 Å². The Morgan fingerprint density at radius 2 is 2.18 bits per heavy atom. The zero-order valence-corrected chi connectivity index (χ0v) is 13.3. The first-order valence-corrected chi connectivity index (χ1v) is 7.78. The van der Waals surface area contributed by atoms with Crippen LogP contribution in [0, 0.1) is 0 Å². The van der Waals surface area contributed by atoms with E-state index in [1.54, 1.807) is 7.11 Å². The van der Waals surface area contributed by atoms with Crippen molar-refractivity contribution in [1.82, 2.24) is 9.88 Å². The van der Waals surface area contributed by atoms with Crippen molar-refractivity contribution in [3.05, 3.63) is 54.4 Å². The maximum Gasteiger partial charge on any atom is 0.174 e. The lowest BCUT2D eigenvalue weighted by Gasteiger charge is -2.25. The molecule has 0 unspecified atom stereocenters. The Bertz CT molecular complexity index is 643. The van der Waals surface area contributed by atoms with Crippen molar-refractivity contribution in [2.24, 2.45) is 0 Å². The molecular weight excluding hydrogens is 294 g/mol. The molecule has 1 N–H and O–H groups in total. The molecule has 0 saturated heterocycles. The Morgan fingerprint density at radius 3 is 2.86 bits per heavy atom. The summed E-state index contributed by atoms with van der Waals surface area (Å²) >= 11 is 5.60. The topological polar surface area (TPSA) is 37.4 Å². The van der Waals surface area contributed by atoms with Crippen molar-refractivity contribution in [1.29, 1.82) is 0 Å². The minimum atomic E-state index is 0.521. The fourth-order valence-corrected chi connectivity index (χ4v) is 2.65. The first kappa shape index (κ1) is 14.8. The number of benzene rings is 1. The molecule has 1 aliphatic rings. The molecule has 0 radical (unpaired) electrons. The van der Waals surface area contributed by atoms with Gasteiger partial charge in [-0.25, -0.2) is 0 Å². The van der Waals surface area contributed by atoms with Gasteiger partial charge in [0.2, 0.25) is 0 Å². The average Bonchev–Trinajstić information content (AvgIpc) is 3.38. The van der Waals surface area contributed by atoms with E-state index < -0.39 is 0 Å². The van der Waals surface area contributed by atoms with Crippen molar-refractivity contribution in [2.75, 3.05) is 12.4 Å². The third kappa shape index (κ3) is 3.74. The maximum atomic E-state index is 5.60. The van der Waals surface area contributed by atoms with E-state index in [9.17, 15) is 0 Å². The number of methoxy groups -OCH3 is 1. The first-order valence-electron chi connectivity index (χ1n) is 7.38. The second kappa shape index (κ2) is 6.75. The molecule has 0 aliphatic heterocycles. The largest absolute Gasteiger partial charge is 0.497 e. The van der Waals surface area contributed by atoms with Crippen LogP contribution in [0.25, 0.3) is 0 Å². The molecular formula is C17H19N3OS. The van der Waals surface area contributed by atoms with Gasteiger partial charge in [-0.3, -0.25) is 4.98 Å². The monoisotopic (exact) mass is 313 g/mol. The highest BCUT2D eigenvalue weighted by Crippen LogP contribution is 2.29. The summed E-state index contributed by atoms with van der Waals surface area (Å²) in [7, 11) is 1.66. The van der Waals surface area contributed by atoms with Gasteiger partial charge < -0.3 is 15.0 Å². The molecule has 2 aromatic rings. The number of pyridine rings is 1. The normalized spacial score (nSPS) is 13.5. The van der Waals surface area contributed by atoms with Gasteiger partial charge in [-0.05, 0) is 49.3 Å². The zero-order chi connectivity index (χ0) is 15.4. The van der Waals surface area contributed by atoms with Crippen LogP contribution in [0.15, 0.2) is 48.7 Å². The zero-order valence-electron chi connectivity index (χ0n) is 12.5. The van der Waals surface area contributed by atoms with Crippen LogP contribution in [0.3, 0.4) is 0 Å². The summed E-state index contributed by atoms with van der Waals surface area (Å²) in [4.78, 5) is 6.62. The van der Waals surface area contributed by atoms with E-state index >= 15 is 0 Å². The predicted molar refractivity (Wildman–Crippen MR) is 92.0 cm³/mol. The van der Waals surface area contributed by atoms with Crippen LogP contribution >= 0.6 is 12.2 Å². The Balaban J connectivity index is 1.70. The van der Waals surface area contributed by atoms with Crippen molar-refractivity contribution < 1.29 is 4.74 Å². The van der Waals surface area contributed by atoms with Crippen LogP contribution in [-0.2, 0) is 6.54 Å². The summed E-state index contributed by atoms with van der Waals surface area (Å²) in [6.07, 6.45) is 4.19. The number of nitrogens with zero attached hydrogens (tertiary/aromatic N) is 2. The molecule has 0 bridgehead atoms. The number of rotatable bonds is 5. The molecule has 1 aromatic carbocycles. The van der Waals surface area contributed by atoms with Crippen LogP contribution in [0.2, 0.25) is 0 Å². The molecule has 1 heterocycles. The van der Waals surface area contributed by atoms with Gasteiger partial charge in [-0.1, -0.05) is 12.1 Å². The highest BCUT2D eigenvalue weighted by Gasteiger charge is 2.31. The van der Waals surface area contributed by atoms with E-state index in [1.807, 2.05) is 48.7 Å². The van der Waals surface area contributed by atoms with Gasteiger partial charge in [0.15, 0.2) is 5.11 Å². The molecule has 114 valence electrons. The van der Waals surface area contributed by atoms with Gasteiger partial charge >= 0.3 is 0 Å². The summed E-state index contributed by atoms with van der Waals surface area (Å²) in [5.74, 6) is 0.815. The van der Waals surface area contributed by atoms with E-state index in [2.05, 4.69) is 15.2 Å². The summed E-state index contributed by atoms with van der Waals surface area (Å²) in [6, 6.07) is 14.3. The van der Waals surface area contributed by atoms with Gasteiger partial charge in [0.25, 0.3) is 0 Å². The van der Waals surface area contributed by atoms with Crippen LogP contribution in [0.5, 0.6) is 5.75 Å². The van der Waals surface area contributed by atoms with Gasteiger partial charge in [0, 0.05) is 24.0 Å². The highest BCUT2D eigenvalue weighted by molar-refractivity contribution is 7.80. The van der Waals surface area contributed by atoms with E-state index in [1.165, 1.54) is 12.8 Å². The van der Waals surface area contributed by atoms with Gasteiger partial charge in [0.1, 0.15) is 5.75 Å². The Kier molecular flexibility index (Phi) is 4.53. The van der Waals surface area contributed by atoms with Crippen molar-refractivity contribution >= 4 is 23.0 Å². The minimum absolute atomic E-state index is 0.521. The smallest absolute Gasteiger partial charge is 0.174 e. The van der Waals surface area contributed by atoms with Crippen LogP contribution in [0.1, 0.15) is 18.5 Å². The van der Waals surface area contributed by atoms with Crippen LogP contribution in [-0.4, -0.2) is 28.1 Å². The lowest BCUT2D eigenvalue weighted by molar-refractivity contribution is 0.404. The highest BCUT2D eigenvalue weighted by atomic mass is 32.1. The molecule has 0 spiro atoms. The van der Waals surface area contributed by atoms with E-state index in [0.717, 1.165) is 28.8 Å². The lowest BCUT2D eigenvalue weighted by atomic mass is 10.3. The number of aromatic nitrogens is 1. The molecule has 3 rings (SSSR count). The molecule has 22 heavy (non-hydrogen) atoms. The summed E-state index contributed by atoms with van der Waals surface area (Å²) in [5.41, 5.74) is 1.97. The average molecular weight is 313 g/mol. The number of hydrogen-bond donors (Lipinski definition) is 1. The molecule has 5 heteroatoms. The van der Waals surface area contributed by atoms with Gasteiger partial charge in [-0.15, -0.1) is 0 Å². The second-order valence-corrected chi connectivity index (χ2v) is 5.73. The van der Waals surface area contributed by atoms with Gasteiger partial charge in [-0.2, -0.15) is 0 Å². The Labute approximate surface area is 136 Å². The van der Waals surface area contributed by atoms with Crippen LogP contribution in [0.4, 0.5) is 5.69 Å². The van der Waals surface area contributed by atoms with Crippen molar-refractivity contribution in [3.8, 4) is 5.75 Å². The van der Waals surface area contributed by atoms with Gasteiger partial charge in [0.05, 0.1) is 19.3 Å². The molecule has 0 amide bonds. The third-order valence-corrected chi connectivity index (χ3v) is 3.96. The standard InChI is InChI=1S/C17H19N3OS/c1-21-16-7-4-6-13(11-16)19-17(22)20(15-8-9-15)12-14-5-2-3-10-18-14/h2-7,10-11,15H,8-9,12H2,1H3,(H,19,22). The predicted octanol–water partition coefficient (Wildman–Crippen LogP) is 3.45. The van der Waals surface area contributed by atoms with Crippen molar-refractivity contribution in [2.45, 2.75) is 25.4 Å². The molecule has 1 fully saturated rings. The van der Waals surface area contributed by atoms with E-state index in [-0.39, 0.29) is 0 Å². The molecule has 4 nitrogen and oxygen atoms in total. The first-order chi connectivity index (χ1) is 10.8. The van der Waals surface area contributed by atoms with E-state index in [4.69, 9.17) is 17.0 Å². The molecule has 0 atom stereocenters. The Hall–Kier alpha value is -2.14. The summed E-state index contributed by atoms with van der Waals surface area (Å²) in [6.45, 7) is 0.737. The fraction of sp³-hybridized carbons (Fsp3) is 0.294. The fourth-order valence-electron chi connectivity index (χ4n) is 2.32. The lowest BCUT2D eigenvalue weighted by Crippen LogP contribution is -2.36. The van der Waals surface area contributed by atoms with E-state index in [0.29, 0.717) is 6.04 Å².